The van der Waals surface area contributed by atoms with Gasteiger partial charge < -0.3 is 15.1 Å². The van der Waals surface area contributed by atoms with Gasteiger partial charge in [-0.1, -0.05) is 18.9 Å². The van der Waals surface area contributed by atoms with Gasteiger partial charge in [-0.15, -0.1) is 0 Å². The lowest BCUT2D eigenvalue weighted by Crippen LogP contribution is -2.39. The maximum atomic E-state index is 13.0. The number of halogens is 3. The molecule has 0 atom stereocenters. The molecule has 1 fully saturated rings. The van der Waals surface area contributed by atoms with Gasteiger partial charge in [0.2, 0.25) is 0 Å². The molecule has 1 aliphatic carbocycles. The molecule has 0 aromatic heterocycles. The molecule has 118 valence electrons. The molecule has 1 saturated carbocycles. The van der Waals surface area contributed by atoms with Crippen molar-refractivity contribution in [2.75, 3.05) is 18.5 Å². The summed E-state index contributed by atoms with van der Waals surface area (Å²) in [6.07, 6.45) is -1.25. The molecule has 0 aliphatic heterocycles. The first kappa shape index (κ1) is 16.1. The van der Waals surface area contributed by atoms with Crippen LogP contribution in [-0.2, 0) is 12.8 Å². The summed E-state index contributed by atoms with van der Waals surface area (Å²) in [5, 5.41) is 19.4. The lowest BCUT2D eigenvalue weighted by Gasteiger charge is -2.30. The van der Waals surface area contributed by atoms with Crippen LogP contribution in [0.2, 0.25) is 0 Å². The van der Waals surface area contributed by atoms with Gasteiger partial charge in [-0.25, -0.2) is 0 Å². The lowest BCUT2D eigenvalue weighted by atomic mass is 10.0. The average molecular weight is 303 g/mol. The van der Waals surface area contributed by atoms with E-state index in [-0.39, 0.29) is 5.56 Å². The molecule has 2 rings (SSSR count). The van der Waals surface area contributed by atoms with Crippen molar-refractivity contribution in [2.24, 2.45) is 0 Å². The maximum Gasteiger partial charge on any atom is 0.416 e. The Kier molecular flexibility index (Phi) is 4.49. The molecular weight excluding hydrogens is 283 g/mol. The Morgan fingerprint density at radius 2 is 1.86 bits per heavy atom. The molecule has 1 aliphatic rings. The van der Waals surface area contributed by atoms with Crippen LogP contribution in [0.4, 0.5) is 18.9 Å². The van der Waals surface area contributed by atoms with E-state index in [4.69, 9.17) is 5.11 Å². The van der Waals surface area contributed by atoms with Crippen molar-refractivity contribution >= 4 is 5.69 Å². The predicted molar refractivity (Wildman–Crippen MR) is 74.1 cm³/mol. The molecule has 2 N–H and O–H groups in total. The van der Waals surface area contributed by atoms with Gasteiger partial charge >= 0.3 is 6.18 Å². The van der Waals surface area contributed by atoms with E-state index in [0.717, 1.165) is 18.9 Å². The molecule has 0 spiro atoms. The Morgan fingerprint density at radius 3 is 2.38 bits per heavy atom. The van der Waals surface area contributed by atoms with E-state index in [2.05, 4.69) is 0 Å². The lowest BCUT2D eigenvalue weighted by molar-refractivity contribution is -0.138. The smallest absolute Gasteiger partial charge is 0.392 e. The number of hydrogen-bond acceptors (Lipinski definition) is 3. The minimum absolute atomic E-state index is 0.140. The van der Waals surface area contributed by atoms with Crippen molar-refractivity contribution in [2.45, 2.75) is 44.1 Å². The van der Waals surface area contributed by atoms with Gasteiger partial charge in [-0.05, 0) is 30.5 Å². The third-order valence-electron chi connectivity index (χ3n) is 4.08. The fourth-order valence-electron chi connectivity index (χ4n) is 2.93. The van der Waals surface area contributed by atoms with Gasteiger partial charge in [0.25, 0.3) is 0 Å². The van der Waals surface area contributed by atoms with E-state index in [1.165, 1.54) is 6.07 Å². The zero-order valence-electron chi connectivity index (χ0n) is 12.0. The molecule has 0 radical (unpaired) electrons. The van der Waals surface area contributed by atoms with Crippen LogP contribution in [0, 0.1) is 0 Å². The summed E-state index contributed by atoms with van der Waals surface area (Å²) < 4.78 is 38.9. The van der Waals surface area contributed by atoms with Gasteiger partial charge in [-0.3, -0.25) is 0 Å². The van der Waals surface area contributed by atoms with Crippen LogP contribution < -0.4 is 4.90 Å². The van der Waals surface area contributed by atoms with Crippen molar-refractivity contribution in [3.05, 3.63) is 29.3 Å². The van der Waals surface area contributed by atoms with Crippen LogP contribution >= 0.6 is 0 Å². The third kappa shape index (κ3) is 3.68. The topological polar surface area (TPSA) is 43.7 Å². The summed E-state index contributed by atoms with van der Waals surface area (Å²) in [7, 11) is 1.67. The molecule has 0 saturated heterocycles. The van der Waals surface area contributed by atoms with Gasteiger partial charge in [0.15, 0.2) is 0 Å². The molecular formula is C15H20F3NO2. The van der Waals surface area contributed by atoms with Crippen LogP contribution in [0.5, 0.6) is 0 Å². The monoisotopic (exact) mass is 303 g/mol. The Labute approximate surface area is 122 Å². The van der Waals surface area contributed by atoms with E-state index in [9.17, 15) is 18.3 Å². The number of likely N-dealkylation sites (N-methyl/N-ethyl adjacent to an activating group) is 1. The number of benzene rings is 1. The molecule has 6 heteroatoms. The number of rotatable bonds is 4. The number of aliphatic hydroxyl groups excluding tert-OH is 1. The highest BCUT2D eigenvalue weighted by atomic mass is 19.4. The van der Waals surface area contributed by atoms with Crippen molar-refractivity contribution in [3.63, 3.8) is 0 Å². The fourth-order valence-corrected chi connectivity index (χ4v) is 2.93. The number of aliphatic hydroxyl groups is 2. The first-order valence-corrected chi connectivity index (χ1v) is 7.00. The summed E-state index contributed by atoms with van der Waals surface area (Å²) in [5.74, 6) is 0. The van der Waals surface area contributed by atoms with Gasteiger partial charge in [0, 0.05) is 19.3 Å². The summed E-state index contributed by atoms with van der Waals surface area (Å²) in [4.78, 5) is 1.64. The highest BCUT2D eigenvalue weighted by Crippen LogP contribution is 2.36. The fraction of sp³-hybridized carbons (Fsp3) is 0.600. The second kappa shape index (κ2) is 5.85. The molecule has 21 heavy (non-hydrogen) atoms. The molecule has 1 aromatic rings. The predicted octanol–water partition coefficient (Wildman–Crippen LogP) is 2.94. The van der Waals surface area contributed by atoms with E-state index >= 15 is 0 Å². The number of anilines is 1. The van der Waals surface area contributed by atoms with Gasteiger partial charge in [0.05, 0.1) is 17.8 Å². The van der Waals surface area contributed by atoms with Crippen LogP contribution in [0.15, 0.2) is 18.2 Å². The van der Waals surface area contributed by atoms with Crippen LogP contribution in [0.3, 0.4) is 0 Å². The Balaban J connectivity index is 2.23. The SMILES string of the molecule is CN(CC1(O)CCCC1)c1ccc(CO)c(C(F)(F)F)c1. The normalized spacial score (nSPS) is 18.0. The maximum absolute atomic E-state index is 13.0. The highest BCUT2D eigenvalue weighted by molar-refractivity contribution is 5.51. The van der Waals surface area contributed by atoms with Crippen molar-refractivity contribution in [1.29, 1.82) is 0 Å². The first-order valence-electron chi connectivity index (χ1n) is 7.00. The molecule has 0 unspecified atom stereocenters. The van der Waals surface area contributed by atoms with Crippen molar-refractivity contribution < 1.29 is 23.4 Å². The van der Waals surface area contributed by atoms with E-state index < -0.39 is 23.9 Å². The standard InChI is InChI=1S/C15H20F3NO2/c1-19(10-14(21)6-2-3-7-14)12-5-4-11(9-20)13(8-12)15(16,17)18/h4-5,8,20-21H,2-3,6-7,9-10H2,1H3. The second-order valence-electron chi connectivity index (χ2n) is 5.78. The Morgan fingerprint density at radius 1 is 1.24 bits per heavy atom. The number of alkyl halides is 3. The highest BCUT2D eigenvalue weighted by Gasteiger charge is 2.35. The number of hydrogen-bond donors (Lipinski definition) is 2. The van der Waals surface area contributed by atoms with Crippen LogP contribution in [0.25, 0.3) is 0 Å². The molecule has 3 nitrogen and oxygen atoms in total. The van der Waals surface area contributed by atoms with Crippen molar-refractivity contribution in [3.8, 4) is 0 Å². The van der Waals surface area contributed by atoms with Gasteiger partial charge in [0.1, 0.15) is 0 Å². The summed E-state index contributed by atoms with van der Waals surface area (Å²) in [6.45, 7) is -0.342. The molecule has 0 heterocycles. The third-order valence-corrected chi connectivity index (χ3v) is 4.08. The van der Waals surface area contributed by atoms with Gasteiger partial charge in [-0.2, -0.15) is 13.2 Å². The zero-order valence-corrected chi connectivity index (χ0v) is 12.0. The summed E-state index contributed by atoms with van der Waals surface area (Å²) >= 11 is 0. The van der Waals surface area contributed by atoms with Crippen LogP contribution in [0.1, 0.15) is 36.8 Å². The second-order valence-corrected chi connectivity index (χ2v) is 5.78. The first-order chi connectivity index (χ1) is 9.75. The van der Waals surface area contributed by atoms with E-state index in [0.29, 0.717) is 25.1 Å². The quantitative estimate of drug-likeness (QED) is 0.899. The molecule has 0 bridgehead atoms. The molecule has 1 aromatic carbocycles. The minimum Gasteiger partial charge on any atom is -0.392 e. The van der Waals surface area contributed by atoms with Crippen molar-refractivity contribution in [1.82, 2.24) is 0 Å². The summed E-state index contributed by atoms with van der Waals surface area (Å²) in [6, 6.07) is 3.86. The summed E-state index contributed by atoms with van der Waals surface area (Å²) in [5.41, 5.74) is -1.39. The largest absolute Gasteiger partial charge is 0.416 e. The minimum atomic E-state index is -4.50. The Hall–Kier alpha value is -1.27. The molecule has 0 amide bonds. The average Bonchev–Trinajstić information content (AvgIpc) is 2.83. The Bertz CT molecular complexity index is 496. The van der Waals surface area contributed by atoms with E-state index in [1.807, 2.05) is 0 Å². The van der Waals surface area contributed by atoms with E-state index in [1.54, 1.807) is 18.0 Å². The number of nitrogens with zero attached hydrogens (tertiary/aromatic N) is 1. The van der Waals surface area contributed by atoms with Crippen LogP contribution in [-0.4, -0.2) is 29.4 Å². The zero-order chi connectivity index (χ0) is 15.7.